The van der Waals surface area contributed by atoms with Crippen molar-refractivity contribution >= 4 is 45.0 Å². The van der Waals surface area contributed by atoms with Gasteiger partial charge in [-0.3, -0.25) is 9.20 Å². The first-order valence-corrected chi connectivity index (χ1v) is 10.1. The number of carbonyl (C=O) groups is 2. The van der Waals surface area contributed by atoms with Crippen LogP contribution >= 0.6 is 11.3 Å². The van der Waals surface area contributed by atoms with E-state index in [1.165, 1.54) is 6.08 Å². The number of carbonyl (C=O) groups excluding carboxylic acids is 2. The monoisotopic (exact) mass is 407 g/mol. The third-order valence-electron chi connectivity index (χ3n) is 4.84. The summed E-state index contributed by atoms with van der Waals surface area (Å²) >= 11 is 1.59. The number of H-pyrrole nitrogens is 1. The fourth-order valence-electron chi connectivity index (χ4n) is 3.49. The average molecular weight is 407 g/mol. The van der Waals surface area contributed by atoms with Crippen molar-refractivity contribution < 1.29 is 14.3 Å². The number of benzene rings is 1. The van der Waals surface area contributed by atoms with Crippen LogP contribution in [0.4, 0.5) is 0 Å². The highest BCUT2D eigenvalue weighted by atomic mass is 32.1. The van der Waals surface area contributed by atoms with Gasteiger partial charge in [-0.25, -0.2) is 9.78 Å². The topological polar surface area (TPSA) is 76.5 Å². The summed E-state index contributed by atoms with van der Waals surface area (Å²) in [6, 6.07) is 7.59. The van der Waals surface area contributed by atoms with Crippen LogP contribution in [0, 0.1) is 20.8 Å². The number of aryl methyl sites for hydroxylation is 3. The highest BCUT2D eigenvalue weighted by Gasteiger charge is 2.23. The maximum absolute atomic E-state index is 12.9. The van der Waals surface area contributed by atoms with Crippen molar-refractivity contribution in [3.63, 3.8) is 0 Å². The Morgan fingerprint density at radius 3 is 2.79 bits per heavy atom. The van der Waals surface area contributed by atoms with Crippen LogP contribution in [0.25, 0.3) is 21.9 Å². The molecule has 1 N–H and O–H groups in total. The zero-order valence-electron chi connectivity index (χ0n) is 16.6. The second kappa shape index (κ2) is 7.33. The van der Waals surface area contributed by atoms with Gasteiger partial charge in [0, 0.05) is 39.3 Å². The molecule has 0 radical (unpaired) electrons. The molecule has 29 heavy (non-hydrogen) atoms. The Hall–Kier alpha value is -3.19. The van der Waals surface area contributed by atoms with Crippen molar-refractivity contribution in [2.24, 2.45) is 0 Å². The average Bonchev–Trinajstić information content (AvgIpc) is 3.28. The molecule has 3 aromatic heterocycles. The van der Waals surface area contributed by atoms with Crippen LogP contribution in [0.2, 0.25) is 0 Å². The van der Waals surface area contributed by atoms with E-state index in [0.717, 1.165) is 37.8 Å². The van der Waals surface area contributed by atoms with E-state index in [-0.39, 0.29) is 5.78 Å². The Bertz CT molecular complexity index is 1280. The van der Waals surface area contributed by atoms with Gasteiger partial charge in [0.1, 0.15) is 0 Å². The van der Waals surface area contributed by atoms with E-state index in [0.29, 0.717) is 5.56 Å². The minimum atomic E-state index is -0.889. The molecule has 6 nitrogen and oxygen atoms in total. The van der Waals surface area contributed by atoms with E-state index in [4.69, 9.17) is 4.74 Å². The molecule has 0 amide bonds. The van der Waals surface area contributed by atoms with Gasteiger partial charge in [-0.1, -0.05) is 18.2 Å². The summed E-state index contributed by atoms with van der Waals surface area (Å²) in [6.07, 6.45) is 4.12. The lowest BCUT2D eigenvalue weighted by Gasteiger charge is -2.11. The summed E-state index contributed by atoms with van der Waals surface area (Å²) < 4.78 is 7.33. The van der Waals surface area contributed by atoms with Crippen molar-refractivity contribution in [1.29, 1.82) is 0 Å². The summed E-state index contributed by atoms with van der Waals surface area (Å²) in [5, 5.41) is 0.832. The number of esters is 1. The number of hydrogen-bond donors (Lipinski definition) is 1. The van der Waals surface area contributed by atoms with Gasteiger partial charge in [0.15, 0.2) is 11.1 Å². The number of aromatic nitrogens is 3. The smallest absolute Gasteiger partial charge is 0.331 e. The van der Waals surface area contributed by atoms with Gasteiger partial charge in [-0.05, 0) is 39.8 Å². The van der Waals surface area contributed by atoms with E-state index in [2.05, 4.69) is 9.97 Å². The first-order chi connectivity index (χ1) is 13.8. The largest absolute Gasteiger partial charge is 0.451 e. The van der Waals surface area contributed by atoms with Gasteiger partial charge in [0.2, 0.25) is 5.78 Å². The van der Waals surface area contributed by atoms with Crippen LogP contribution < -0.4 is 0 Å². The third-order valence-corrected chi connectivity index (χ3v) is 5.74. The van der Waals surface area contributed by atoms with Gasteiger partial charge in [0.05, 0.1) is 11.4 Å². The zero-order chi connectivity index (χ0) is 20.7. The second-order valence-electron chi connectivity index (χ2n) is 7.02. The summed E-state index contributed by atoms with van der Waals surface area (Å²) in [5.41, 5.74) is 3.87. The molecule has 3 heterocycles. The molecule has 0 aliphatic rings. The molecule has 1 unspecified atom stereocenters. The van der Waals surface area contributed by atoms with Gasteiger partial charge in [-0.2, -0.15) is 0 Å². The Morgan fingerprint density at radius 2 is 2.00 bits per heavy atom. The number of Topliss-reactive ketones (excluding diaryl/α,β-unsaturated/α-hetero) is 1. The molecule has 0 spiro atoms. The predicted molar refractivity (Wildman–Crippen MR) is 114 cm³/mol. The van der Waals surface area contributed by atoms with Gasteiger partial charge in [-0.15, -0.1) is 11.3 Å². The summed E-state index contributed by atoms with van der Waals surface area (Å²) in [6.45, 7) is 7.35. The molecular formula is C22H21N3O3S. The Kier molecular flexibility index (Phi) is 4.84. The summed E-state index contributed by atoms with van der Waals surface area (Å²) in [5.74, 6) is -0.789. The normalized spacial score (nSPS) is 12.8. The fourth-order valence-corrected chi connectivity index (χ4v) is 4.37. The Balaban J connectivity index is 1.51. The quantitative estimate of drug-likeness (QED) is 0.297. The molecule has 0 saturated carbocycles. The van der Waals surface area contributed by atoms with E-state index in [1.54, 1.807) is 24.3 Å². The number of rotatable bonds is 5. The molecule has 148 valence electrons. The van der Waals surface area contributed by atoms with Crippen LogP contribution in [0.5, 0.6) is 0 Å². The molecule has 1 aromatic carbocycles. The number of ketones is 1. The van der Waals surface area contributed by atoms with Gasteiger partial charge in [0.25, 0.3) is 0 Å². The second-order valence-corrected chi connectivity index (χ2v) is 8.24. The molecule has 1 atom stereocenters. The van der Waals surface area contributed by atoms with E-state index < -0.39 is 12.1 Å². The minimum Gasteiger partial charge on any atom is -0.451 e. The lowest BCUT2D eigenvalue weighted by atomic mass is 10.0. The minimum absolute atomic E-state index is 0.224. The third kappa shape index (κ3) is 3.49. The summed E-state index contributed by atoms with van der Waals surface area (Å²) in [7, 11) is 0. The number of aromatic amines is 1. The van der Waals surface area contributed by atoms with Gasteiger partial charge < -0.3 is 9.72 Å². The molecule has 7 heteroatoms. The number of nitrogens with zero attached hydrogens (tertiary/aromatic N) is 2. The number of imidazole rings is 1. The van der Waals surface area contributed by atoms with Crippen molar-refractivity contribution in [2.45, 2.75) is 33.8 Å². The van der Waals surface area contributed by atoms with E-state index in [1.807, 2.05) is 55.6 Å². The van der Waals surface area contributed by atoms with Crippen LogP contribution in [-0.4, -0.2) is 32.2 Å². The van der Waals surface area contributed by atoms with Crippen LogP contribution in [0.3, 0.4) is 0 Å². The van der Waals surface area contributed by atoms with Crippen molar-refractivity contribution in [3.8, 4) is 0 Å². The number of hydrogen-bond acceptors (Lipinski definition) is 5. The molecule has 0 aliphatic heterocycles. The molecule has 0 saturated heterocycles. The number of ether oxygens (including phenoxy) is 1. The van der Waals surface area contributed by atoms with Gasteiger partial charge >= 0.3 is 5.97 Å². The Morgan fingerprint density at radius 1 is 1.24 bits per heavy atom. The highest BCUT2D eigenvalue weighted by Crippen LogP contribution is 2.24. The van der Waals surface area contributed by atoms with Crippen LogP contribution in [0.1, 0.15) is 39.2 Å². The van der Waals surface area contributed by atoms with Crippen molar-refractivity contribution in [1.82, 2.24) is 14.4 Å². The zero-order valence-corrected chi connectivity index (χ0v) is 17.5. The fraction of sp³-hybridized carbons (Fsp3) is 0.227. The highest BCUT2D eigenvalue weighted by molar-refractivity contribution is 7.17. The van der Waals surface area contributed by atoms with E-state index in [9.17, 15) is 9.59 Å². The standard InChI is InChI=1S/C22H21N3O3S/c1-12-11-25-18(13(2)24-22(25)29-12)9-10-19(26)28-15(4)21(27)20-14(3)23-17-8-6-5-7-16(17)20/h5-11,15,23H,1-4H3. The Labute approximate surface area is 171 Å². The maximum Gasteiger partial charge on any atom is 0.331 e. The van der Waals surface area contributed by atoms with Crippen LogP contribution in [-0.2, 0) is 9.53 Å². The van der Waals surface area contributed by atoms with Crippen molar-refractivity contribution in [2.75, 3.05) is 0 Å². The molecule has 0 fully saturated rings. The maximum atomic E-state index is 12.9. The predicted octanol–water partition coefficient (Wildman–Crippen LogP) is 4.63. The first-order valence-electron chi connectivity index (χ1n) is 9.30. The van der Waals surface area contributed by atoms with Crippen LogP contribution in [0.15, 0.2) is 36.5 Å². The SMILES string of the molecule is Cc1cn2c(C=CC(=O)OC(C)C(=O)c3c(C)[nH]c4ccccc34)c(C)nc2s1. The molecule has 0 bridgehead atoms. The molecular weight excluding hydrogens is 386 g/mol. The number of nitrogens with one attached hydrogen (secondary N) is 1. The molecule has 4 rings (SSSR count). The van der Waals surface area contributed by atoms with E-state index >= 15 is 0 Å². The molecule has 4 aromatic rings. The first kappa shape index (κ1) is 19.1. The lowest BCUT2D eigenvalue weighted by Crippen LogP contribution is -2.24. The van der Waals surface area contributed by atoms with Crippen molar-refractivity contribution in [3.05, 3.63) is 64.1 Å². The lowest BCUT2D eigenvalue weighted by molar-refractivity contribution is -0.140. The number of para-hydroxylation sites is 1. The molecule has 0 aliphatic carbocycles. The number of fused-ring (bicyclic) bond motifs is 2. The number of thiazole rings is 1. The summed E-state index contributed by atoms with van der Waals surface area (Å²) in [4.78, 5) is 34.9.